The van der Waals surface area contributed by atoms with Crippen molar-refractivity contribution in [2.24, 2.45) is 11.1 Å². The molecule has 3 nitrogen and oxygen atoms in total. The Morgan fingerprint density at radius 1 is 1.25 bits per heavy atom. The normalized spacial score (nSPS) is 16.8. The molecule has 0 aliphatic heterocycles. The van der Waals surface area contributed by atoms with Crippen molar-refractivity contribution in [1.82, 2.24) is 0 Å². The Bertz CT molecular complexity index is 436. The molecular weight excluding hydrogens is 272 g/mol. The van der Waals surface area contributed by atoms with Crippen LogP contribution < -0.4 is 11.1 Å². The van der Waals surface area contributed by atoms with Gasteiger partial charge in [0.2, 0.25) is 5.91 Å². The lowest BCUT2D eigenvalue weighted by molar-refractivity contribution is -0.124. The van der Waals surface area contributed by atoms with E-state index in [2.05, 4.69) is 31.3 Å². The van der Waals surface area contributed by atoms with E-state index >= 15 is 0 Å². The molecule has 0 radical (unpaired) electrons. The number of rotatable bonds is 4. The molecule has 3 N–H and O–H groups in total. The van der Waals surface area contributed by atoms with Gasteiger partial charge in [-0.25, -0.2) is 0 Å². The molecule has 0 heterocycles. The van der Waals surface area contributed by atoms with E-state index < -0.39 is 0 Å². The quantitative estimate of drug-likeness (QED) is 0.890. The molecule has 1 aliphatic rings. The van der Waals surface area contributed by atoms with Crippen LogP contribution in [0.4, 0.5) is 5.69 Å². The van der Waals surface area contributed by atoms with Crippen LogP contribution in [0.1, 0.15) is 51.0 Å². The lowest BCUT2D eigenvalue weighted by atomic mass is 9.85. The van der Waals surface area contributed by atoms with Gasteiger partial charge in [0, 0.05) is 12.2 Å². The van der Waals surface area contributed by atoms with Crippen LogP contribution in [-0.4, -0.2) is 12.5 Å². The third-order valence-electron chi connectivity index (χ3n) is 4.27. The molecule has 1 aromatic rings. The summed E-state index contributed by atoms with van der Waals surface area (Å²) in [4.78, 5) is 12.4. The Hall–Kier alpha value is -1.06. The van der Waals surface area contributed by atoms with E-state index in [-0.39, 0.29) is 23.7 Å². The number of nitrogens with one attached hydrogen (secondary N) is 1. The van der Waals surface area contributed by atoms with E-state index in [0.29, 0.717) is 12.5 Å². The smallest absolute Gasteiger partial charge is 0.231 e. The third-order valence-corrected chi connectivity index (χ3v) is 4.27. The number of anilines is 1. The number of carbonyl (C=O) groups excluding carboxylic acids is 1. The number of amides is 1. The van der Waals surface area contributed by atoms with Gasteiger partial charge in [0.05, 0.1) is 5.41 Å². The summed E-state index contributed by atoms with van der Waals surface area (Å²) < 4.78 is 0. The molecule has 0 unspecified atom stereocenters. The predicted octanol–water partition coefficient (Wildman–Crippen LogP) is 3.69. The van der Waals surface area contributed by atoms with Crippen LogP contribution in [0.3, 0.4) is 0 Å². The third kappa shape index (κ3) is 3.53. The number of hydrogen-bond donors (Lipinski definition) is 2. The zero-order valence-corrected chi connectivity index (χ0v) is 13.1. The van der Waals surface area contributed by atoms with Crippen LogP contribution in [0.2, 0.25) is 0 Å². The number of halogens is 1. The highest BCUT2D eigenvalue weighted by Crippen LogP contribution is 2.38. The average molecular weight is 297 g/mol. The molecule has 1 fully saturated rings. The van der Waals surface area contributed by atoms with Crippen molar-refractivity contribution in [3.05, 3.63) is 29.8 Å². The summed E-state index contributed by atoms with van der Waals surface area (Å²) in [5.41, 5.74) is 7.64. The molecule has 0 bridgehead atoms. The van der Waals surface area contributed by atoms with Crippen LogP contribution in [-0.2, 0) is 4.79 Å². The SMILES string of the molecule is CC(C)c1ccc(NC(=O)C2(CN)CCCC2)cc1.Cl. The fourth-order valence-corrected chi connectivity index (χ4v) is 2.79. The van der Waals surface area contributed by atoms with Crippen molar-refractivity contribution in [3.8, 4) is 0 Å². The fourth-order valence-electron chi connectivity index (χ4n) is 2.79. The van der Waals surface area contributed by atoms with Crippen LogP contribution in [0.15, 0.2) is 24.3 Å². The summed E-state index contributed by atoms with van der Waals surface area (Å²) in [6.45, 7) is 4.77. The minimum Gasteiger partial charge on any atom is -0.329 e. The Morgan fingerprint density at radius 2 is 1.80 bits per heavy atom. The fraction of sp³-hybridized carbons (Fsp3) is 0.562. The number of hydrogen-bond acceptors (Lipinski definition) is 2. The number of carbonyl (C=O) groups is 1. The molecule has 0 aromatic heterocycles. The van der Waals surface area contributed by atoms with Crippen LogP contribution in [0.5, 0.6) is 0 Å². The first-order valence-electron chi connectivity index (χ1n) is 7.19. The largest absolute Gasteiger partial charge is 0.329 e. The van der Waals surface area contributed by atoms with Gasteiger partial charge in [0.1, 0.15) is 0 Å². The standard InChI is InChI=1S/C16H24N2O.ClH/c1-12(2)13-5-7-14(8-6-13)18-15(19)16(11-17)9-3-4-10-16;/h5-8,12H,3-4,9-11,17H2,1-2H3,(H,18,19);1H. The zero-order chi connectivity index (χ0) is 13.9. The Kier molecular flexibility index (Phi) is 6.03. The van der Waals surface area contributed by atoms with Gasteiger partial charge in [-0.3, -0.25) is 4.79 Å². The van der Waals surface area contributed by atoms with E-state index in [4.69, 9.17) is 5.73 Å². The average Bonchev–Trinajstić information content (AvgIpc) is 2.89. The summed E-state index contributed by atoms with van der Waals surface area (Å²) >= 11 is 0. The summed E-state index contributed by atoms with van der Waals surface area (Å²) in [6.07, 6.45) is 4.05. The Morgan fingerprint density at radius 3 is 2.25 bits per heavy atom. The van der Waals surface area contributed by atoms with Gasteiger partial charge in [0.25, 0.3) is 0 Å². The van der Waals surface area contributed by atoms with Crippen molar-refractivity contribution >= 4 is 24.0 Å². The van der Waals surface area contributed by atoms with Crippen LogP contribution >= 0.6 is 12.4 Å². The van der Waals surface area contributed by atoms with Crippen LogP contribution in [0, 0.1) is 5.41 Å². The Labute approximate surface area is 127 Å². The molecule has 20 heavy (non-hydrogen) atoms. The van der Waals surface area contributed by atoms with Crippen molar-refractivity contribution in [2.45, 2.75) is 45.4 Å². The van der Waals surface area contributed by atoms with Gasteiger partial charge in [-0.05, 0) is 36.5 Å². The minimum absolute atomic E-state index is 0. The molecule has 4 heteroatoms. The highest BCUT2D eigenvalue weighted by atomic mass is 35.5. The molecule has 0 saturated heterocycles. The first-order chi connectivity index (χ1) is 9.07. The molecule has 112 valence electrons. The predicted molar refractivity (Wildman–Crippen MR) is 86.4 cm³/mol. The van der Waals surface area contributed by atoms with Gasteiger partial charge < -0.3 is 11.1 Å². The molecule has 0 atom stereocenters. The second-order valence-corrected chi connectivity index (χ2v) is 5.92. The molecule has 1 aliphatic carbocycles. The van der Waals surface area contributed by atoms with Gasteiger partial charge in [-0.2, -0.15) is 0 Å². The maximum absolute atomic E-state index is 12.4. The van der Waals surface area contributed by atoms with Gasteiger partial charge in [0.15, 0.2) is 0 Å². The second-order valence-electron chi connectivity index (χ2n) is 5.92. The first-order valence-corrected chi connectivity index (χ1v) is 7.19. The summed E-state index contributed by atoms with van der Waals surface area (Å²) in [6, 6.07) is 8.10. The van der Waals surface area contributed by atoms with Crippen molar-refractivity contribution in [1.29, 1.82) is 0 Å². The number of nitrogens with two attached hydrogens (primary N) is 1. The first kappa shape index (κ1) is 17.0. The maximum Gasteiger partial charge on any atom is 0.231 e. The van der Waals surface area contributed by atoms with E-state index in [0.717, 1.165) is 31.4 Å². The molecule has 1 aromatic carbocycles. The molecule has 1 amide bonds. The van der Waals surface area contributed by atoms with E-state index in [1.165, 1.54) is 5.56 Å². The second kappa shape index (κ2) is 7.09. The minimum atomic E-state index is -0.337. The van der Waals surface area contributed by atoms with Gasteiger partial charge >= 0.3 is 0 Å². The van der Waals surface area contributed by atoms with Crippen molar-refractivity contribution < 1.29 is 4.79 Å². The molecular formula is C16H25ClN2O. The summed E-state index contributed by atoms with van der Waals surface area (Å²) in [5, 5.41) is 3.02. The number of benzene rings is 1. The molecule has 0 spiro atoms. The molecule has 1 saturated carbocycles. The Balaban J connectivity index is 0.00000200. The maximum atomic E-state index is 12.4. The lowest BCUT2D eigenvalue weighted by Gasteiger charge is -2.25. The highest BCUT2D eigenvalue weighted by Gasteiger charge is 2.39. The van der Waals surface area contributed by atoms with Crippen molar-refractivity contribution in [3.63, 3.8) is 0 Å². The highest BCUT2D eigenvalue weighted by molar-refractivity contribution is 5.95. The monoisotopic (exact) mass is 296 g/mol. The van der Waals surface area contributed by atoms with E-state index in [1.807, 2.05) is 12.1 Å². The van der Waals surface area contributed by atoms with Gasteiger partial charge in [-0.15, -0.1) is 12.4 Å². The van der Waals surface area contributed by atoms with E-state index in [9.17, 15) is 4.79 Å². The van der Waals surface area contributed by atoms with Gasteiger partial charge in [-0.1, -0.05) is 38.8 Å². The summed E-state index contributed by atoms with van der Waals surface area (Å²) in [5.74, 6) is 0.597. The lowest BCUT2D eigenvalue weighted by Crippen LogP contribution is -2.40. The van der Waals surface area contributed by atoms with E-state index in [1.54, 1.807) is 0 Å². The summed E-state index contributed by atoms with van der Waals surface area (Å²) in [7, 11) is 0. The topological polar surface area (TPSA) is 55.1 Å². The zero-order valence-electron chi connectivity index (χ0n) is 12.3. The molecule has 2 rings (SSSR count). The van der Waals surface area contributed by atoms with Crippen molar-refractivity contribution in [2.75, 3.05) is 11.9 Å². The van der Waals surface area contributed by atoms with Crippen LogP contribution in [0.25, 0.3) is 0 Å².